The van der Waals surface area contributed by atoms with Crippen LogP contribution in [0.4, 0.5) is 0 Å². The maximum atomic E-state index is 13.4. The lowest BCUT2D eigenvalue weighted by atomic mass is 9.96. The lowest BCUT2D eigenvalue weighted by Crippen LogP contribution is -2.29. The predicted molar refractivity (Wildman–Crippen MR) is 119 cm³/mol. The van der Waals surface area contributed by atoms with E-state index in [-0.39, 0.29) is 11.9 Å². The quantitative estimate of drug-likeness (QED) is 0.412. The molecule has 5 rings (SSSR count). The van der Waals surface area contributed by atoms with Gasteiger partial charge in [-0.05, 0) is 47.5 Å². The van der Waals surface area contributed by atoms with Crippen molar-refractivity contribution in [1.82, 2.24) is 20.1 Å². The number of H-pyrrole nitrogens is 1. The molecule has 1 N–H and O–H groups in total. The molecule has 1 aliphatic heterocycles. The first-order valence-corrected chi connectivity index (χ1v) is 10.6. The number of hydrogen-bond acceptors (Lipinski definition) is 3. The molecule has 1 unspecified atom stereocenters. The zero-order valence-electron chi connectivity index (χ0n) is 15.7. The van der Waals surface area contributed by atoms with Gasteiger partial charge in [0.25, 0.3) is 5.91 Å². The van der Waals surface area contributed by atoms with Gasteiger partial charge in [-0.15, -0.1) is 0 Å². The summed E-state index contributed by atoms with van der Waals surface area (Å²) in [5.74, 6) is -0.0672. The molecule has 1 aliphatic rings. The number of halogens is 2. The van der Waals surface area contributed by atoms with Gasteiger partial charge in [-0.2, -0.15) is 5.10 Å². The number of fused-ring (bicyclic) bond motifs is 1. The largest absolute Gasteiger partial charge is 0.322 e. The number of carbonyl (C=O) groups excluding carboxylic acids is 1. The molecule has 1 amide bonds. The van der Waals surface area contributed by atoms with E-state index in [1.807, 2.05) is 65.6 Å². The maximum Gasteiger partial charge on any atom is 0.273 e. The van der Waals surface area contributed by atoms with E-state index in [4.69, 9.17) is 11.6 Å². The molecular weight excluding hydrogens is 464 g/mol. The van der Waals surface area contributed by atoms with E-state index in [0.29, 0.717) is 17.3 Å². The Morgan fingerprint density at radius 2 is 1.70 bits per heavy atom. The topological polar surface area (TPSA) is 61.9 Å². The molecule has 148 valence electrons. The van der Waals surface area contributed by atoms with Crippen LogP contribution in [-0.4, -0.2) is 26.0 Å². The molecule has 0 spiro atoms. The van der Waals surface area contributed by atoms with Crippen LogP contribution in [0.3, 0.4) is 0 Å². The standard InChI is InChI=1S/C23H16BrClN4O/c24-17-5-1-16(2-6-17)22-19-20(15-3-7-18(25)8-4-15)27-28-21(19)23(30)29(22)13-14-9-11-26-12-10-14/h1-12,22H,13H2,(H,27,28). The van der Waals surface area contributed by atoms with Crippen LogP contribution >= 0.6 is 27.5 Å². The molecule has 2 aromatic heterocycles. The van der Waals surface area contributed by atoms with E-state index in [1.165, 1.54) is 0 Å². The molecule has 0 bridgehead atoms. The van der Waals surface area contributed by atoms with E-state index >= 15 is 0 Å². The molecule has 0 fully saturated rings. The average Bonchev–Trinajstić information content (AvgIpc) is 3.30. The monoisotopic (exact) mass is 478 g/mol. The van der Waals surface area contributed by atoms with Gasteiger partial charge in [0.05, 0.1) is 11.7 Å². The first-order valence-electron chi connectivity index (χ1n) is 9.41. The van der Waals surface area contributed by atoms with Crippen molar-refractivity contribution in [2.75, 3.05) is 0 Å². The number of pyridine rings is 1. The van der Waals surface area contributed by atoms with Crippen molar-refractivity contribution in [3.63, 3.8) is 0 Å². The third kappa shape index (κ3) is 3.32. The van der Waals surface area contributed by atoms with E-state index in [1.54, 1.807) is 12.4 Å². The van der Waals surface area contributed by atoms with E-state index < -0.39 is 0 Å². The molecule has 0 saturated carbocycles. The minimum Gasteiger partial charge on any atom is -0.322 e. The van der Waals surface area contributed by atoms with Crippen LogP contribution in [0, 0.1) is 0 Å². The number of nitrogens with one attached hydrogen (secondary N) is 1. The third-order valence-corrected chi connectivity index (χ3v) is 6.05. The summed E-state index contributed by atoms with van der Waals surface area (Å²) in [5.41, 5.74) is 5.14. The van der Waals surface area contributed by atoms with Crippen LogP contribution < -0.4 is 0 Å². The summed E-state index contributed by atoms with van der Waals surface area (Å²) in [5, 5.41) is 8.13. The fourth-order valence-corrected chi connectivity index (χ4v) is 4.25. The van der Waals surface area contributed by atoms with Gasteiger partial charge in [0, 0.05) is 39.6 Å². The van der Waals surface area contributed by atoms with Crippen molar-refractivity contribution in [3.05, 3.63) is 105 Å². The minimum absolute atomic E-state index is 0.0672. The molecule has 0 aliphatic carbocycles. The minimum atomic E-state index is -0.252. The second-order valence-corrected chi connectivity index (χ2v) is 8.46. The summed E-state index contributed by atoms with van der Waals surface area (Å²) in [6, 6.07) is 19.2. The van der Waals surface area contributed by atoms with Gasteiger partial charge >= 0.3 is 0 Å². The Bertz CT molecular complexity index is 1210. The third-order valence-electron chi connectivity index (χ3n) is 5.27. The molecule has 2 aromatic carbocycles. The Kier molecular flexibility index (Phi) is 4.89. The number of aromatic amines is 1. The summed E-state index contributed by atoms with van der Waals surface area (Å²) in [7, 11) is 0. The molecule has 5 nitrogen and oxygen atoms in total. The van der Waals surface area contributed by atoms with E-state index in [2.05, 4.69) is 31.1 Å². The second-order valence-electron chi connectivity index (χ2n) is 7.11. The number of hydrogen-bond donors (Lipinski definition) is 1. The van der Waals surface area contributed by atoms with Crippen molar-refractivity contribution in [3.8, 4) is 11.3 Å². The molecule has 3 heterocycles. The van der Waals surface area contributed by atoms with Gasteiger partial charge in [-0.3, -0.25) is 14.9 Å². The molecule has 0 saturated heterocycles. The summed E-state index contributed by atoms with van der Waals surface area (Å²) in [6.07, 6.45) is 3.48. The van der Waals surface area contributed by atoms with Crippen molar-refractivity contribution in [1.29, 1.82) is 0 Å². The summed E-state index contributed by atoms with van der Waals surface area (Å²) in [4.78, 5) is 19.3. The van der Waals surface area contributed by atoms with E-state index in [9.17, 15) is 4.79 Å². The van der Waals surface area contributed by atoms with Gasteiger partial charge in [0.15, 0.2) is 0 Å². The Morgan fingerprint density at radius 1 is 1.00 bits per heavy atom. The fourth-order valence-electron chi connectivity index (χ4n) is 3.86. The number of nitrogens with zero attached hydrogens (tertiary/aromatic N) is 3. The first-order chi connectivity index (χ1) is 14.6. The molecule has 30 heavy (non-hydrogen) atoms. The number of amides is 1. The Hall–Kier alpha value is -2.96. The summed E-state index contributed by atoms with van der Waals surface area (Å²) >= 11 is 9.56. The Labute approximate surface area is 186 Å². The maximum absolute atomic E-state index is 13.4. The molecule has 1 atom stereocenters. The van der Waals surface area contributed by atoms with E-state index in [0.717, 1.165) is 32.4 Å². The highest BCUT2D eigenvalue weighted by Gasteiger charge is 2.42. The van der Waals surface area contributed by atoms with Crippen molar-refractivity contribution < 1.29 is 4.79 Å². The highest BCUT2D eigenvalue weighted by atomic mass is 79.9. The second kappa shape index (κ2) is 7.70. The first kappa shape index (κ1) is 19.0. The number of carbonyl (C=O) groups is 1. The van der Waals surface area contributed by atoms with Crippen LogP contribution in [0.1, 0.15) is 33.2 Å². The lowest BCUT2D eigenvalue weighted by molar-refractivity contribution is 0.0730. The highest BCUT2D eigenvalue weighted by Crippen LogP contribution is 2.43. The van der Waals surface area contributed by atoms with Gasteiger partial charge in [-0.1, -0.05) is 51.8 Å². The Balaban J connectivity index is 1.64. The smallest absolute Gasteiger partial charge is 0.273 e. The normalized spacial score (nSPS) is 15.5. The van der Waals surface area contributed by atoms with Crippen LogP contribution in [0.2, 0.25) is 5.02 Å². The SMILES string of the molecule is O=C1c2[nH]nc(-c3ccc(Cl)cc3)c2C(c2ccc(Br)cc2)N1Cc1ccncc1. The highest BCUT2D eigenvalue weighted by molar-refractivity contribution is 9.10. The van der Waals surface area contributed by atoms with Crippen molar-refractivity contribution in [2.45, 2.75) is 12.6 Å². The van der Waals surface area contributed by atoms with Crippen molar-refractivity contribution in [2.24, 2.45) is 0 Å². The zero-order chi connectivity index (χ0) is 20.7. The predicted octanol–water partition coefficient (Wildman–Crippen LogP) is 5.63. The summed E-state index contributed by atoms with van der Waals surface area (Å²) < 4.78 is 0.988. The van der Waals surface area contributed by atoms with Crippen LogP contribution in [0.15, 0.2) is 77.5 Å². The van der Waals surface area contributed by atoms with Crippen LogP contribution in [-0.2, 0) is 6.54 Å². The van der Waals surface area contributed by atoms with Gasteiger partial charge < -0.3 is 4.90 Å². The number of aromatic nitrogens is 3. The van der Waals surface area contributed by atoms with Crippen LogP contribution in [0.25, 0.3) is 11.3 Å². The lowest BCUT2D eigenvalue weighted by Gasteiger charge is -2.26. The molecular formula is C23H16BrClN4O. The van der Waals surface area contributed by atoms with Crippen LogP contribution in [0.5, 0.6) is 0 Å². The summed E-state index contributed by atoms with van der Waals surface area (Å²) in [6.45, 7) is 0.477. The zero-order valence-corrected chi connectivity index (χ0v) is 18.1. The fraction of sp³-hybridized carbons (Fsp3) is 0.0870. The molecule has 0 radical (unpaired) electrons. The average molecular weight is 480 g/mol. The van der Waals surface area contributed by atoms with Gasteiger partial charge in [-0.25, -0.2) is 0 Å². The Morgan fingerprint density at radius 3 is 2.40 bits per heavy atom. The molecule has 4 aromatic rings. The molecule has 7 heteroatoms. The van der Waals surface area contributed by atoms with Crippen molar-refractivity contribution >= 4 is 33.4 Å². The van der Waals surface area contributed by atoms with Gasteiger partial charge in [0.2, 0.25) is 0 Å². The number of rotatable bonds is 4. The number of benzene rings is 2. The van der Waals surface area contributed by atoms with Gasteiger partial charge in [0.1, 0.15) is 5.69 Å².